The molecule has 0 aromatic carbocycles. The minimum atomic E-state index is -0.576. The summed E-state index contributed by atoms with van der Waals surface area (Å²) in [5, 5.41) is 21.6. The Morgan fingerprint density at radius 2 is 1.44 bits per heavy atom. The lowest BCUT2D eigenvalue weighted by molar-refractivity contribution is -0.202. The van der Waals surface area contributed by atoms with E-state index in [-0.39, 0.29) is 29.1 Å². The average Bonchev–Trinajstić information content (AvgIpc) is 3.02. The standard InChI is InChI=1S/C23H38O4/c1-20(2)26-18-16-12-13(24)6-9-21(16,3)14-7-10-22(4)15(8-11-23(22,5)25)17(14)19(18)27-20/h13-19,24-25H,6-12H2,1-5H3/t13?,14-,15-,16+,17+,18+,19+,21+,22-,23-/m0/s1. The fourth-order valence-electron chi connectivity index (χ4n) is 8.41. The van der Waals surface area contributed by atoms with E-state index in [9.17, 15) is 10.2 Å². The van der Waals surface area contributed by atoms with Crippen molar-refractivity contribution in [1.29, 1.82) is 0 Å². The van der Waals surface area contributed by atoms with Crippen molar-refractivity contribution in [1.82, 2.24) is 0 Å². The number of aliphatic hydroxyl groups is 2. The van der Waals surface area contributed by atoms with Gasteiger partial charge in [0.05, 0.1) is 23.9 Å². The number of hydrogen-bond acceptors (Lipinski definition) is 4. The lowest BCUT2D eigenvalue weighted by Crippen LogP contribution is -2.64. The molecule has 0 spiro atoms. The zero-order valence-corrected chi connectivity index (χ0v) is 17.7. The highest BCUT2D eigenvalue weighted by molar-refractivity contribution is 5.17. The summed E-state index contributed by atoms with van der Waals surface area (Å²) in [5.74, 6) is 1.39. The number of aliphatic hydroxyl groups excluding tert-OH is 1. The second-order valence-corrected chi connectivity index (χ2v) is 11.7. The molecule has 4 saturated carbocycles. The molecule has 4 nitrogen and oxygen atoms in total. The van der Waals surface area contributed by atoms with Crippen LogP contribution in [0.15, 0.2) is 0 Å². The van der Waals surface area contributed by atoms with Gasteiger partial charge in [-0.05, 0) is 100 Å². The Kier molecular flexibility index (Phi) is 3.84. The Hall–Kier alpha value is -0.160. The summed E-state index contributed by atoms with van der Waals surface area (Å²) in [4.78, 5) is 0. The topological polar surface area (TPSA) is 58.9 Å². The Labute approximate surface area is 164 Å². The molecule has 4 aliphatic carbocycles. The molecule has 0 radical (unpaired) electrons. The minimum Gasteiger partial charge on any atom is -0.393 e. The highest BCUT2D eigenvalue weighted by Crippen LogP contribution is 2.70. The molecule has 27 heavy (non-hydrogen) atoms. The van der Waals surface area contributed by atoms with E-state index in [0.29, 0.717) is 23.7 Å². The molecule has 4 heteroatoms. The van der Waals surface area contributed by atoms with Crippen LogP contribution in [0.1, 0.15) is 79.6 Å². The van der Waals surface area contributed by atoms with E-state index in [0.717, 1.165) is 38.5 Å². The first-order chi connectivity index (χ1) is 12.5. The Morgan fingerprint density at radius 1 is 0.778 bits per heavy atom. The van der Waals surface area contributed by atoms with E-state index < -0.39 is 11.4 Å². The molecule has 154 valence electrons. The van der Waals surface area contributed by atoms with E-state index in [4.69, 9.17) is 9.47 Å². The van der Waals surface area contributed by atoms with Gasteiger partial charge in [0, 0.05) is 0 Å². The first-order valence-electron chi connectivity index (χ1n) is 11.2. The van der Waals surface area contributed by atoms with Crippen LogP contribution in [0.3, 0.4) is 0 Å². The molecule has 10 atom stereocenters. The van der Waals surface area contributed by atoms with Crippen LogP contribution < -0.4 is 0 Å². The number of fused-ring (bicyclic) bond motifs is 8. The van der Waals surface area contributed by atoms with Crippen molar-refractivity contribution >= 4 is 0 Å². The van der Waals surface area contributed by atoms with Gasteiger partial charge in [-0.25, -0.2) is 0 Å². The van der Waals surface area contributed by atoms with Crippen LogP contribution in [0.5, 0.6) is 0 Å². The Bertz CT molecular complexity index is 630. The second kappa shape index (κ2) is 5.50. The van der Waals surface area contributed by atoms with Crippen molar-refractivity contribution in [3.8, 4) is 0 Å². The van der Waals surface area contributed by atoms with Crippen molar-refractivity contribution in [3.63, 3.8) is 0 Å². The van der Waals surface area contributed by atoms with Crippen LogP contribution in [0, 0.1) is 34.5 Å². The summed E-state index contributed by atoms with van der Waals surface area (Å²) in [6.07, 6.45) is 7.11. The third-order valence-electron chi connectivity index (χ3n) is 10.1. The number of rotatable bonds is 0. The Balaban J connectivity index is 1.59. The molecule has 1 saturated heterocycles. The van der Waals surface area contributed by atoms with Crippen LogP contribution in [0.4, 0.5) is 0 Å². The van der Waals surface area contributed by atoms with Crippen molar-refractivity contribution in [3.05, 3.63) is 0 Å². The molecular weight excluding hydrogens is 340 g/mol. The molecule has 0 aromatic heterocycles. The molecule has 2 N–H and O–H groups in total. The summed E-state index contributed by atoms with van der Waals surface area (Å²) in [5.41, 5.74) is -0.384. The summed E-state index contributed by atoms with van der Waals surface area (Å²) in [7, 11) is 0. The predicted molar refractivity (Wildman–Crippen MR) is 103 cm³/mol. The molecule has 0 bridgehead atoms. The summed E-state index contributed by atoms with van der Waals surface area (Å²) < 4.78 is 13.1. The van der Waals surface area contributed by atoms with Crippen LogP contribution in [0.2, 0.25) is 0 Å². The third-order valence-corrected chi connectivity index (χ3v) is 10.1. The van der Waals surface area contributed by atoms with Gasteiger partial charge in [-0.1, -0.05) is 13.8 Å². The van der Waals surface area contributed by atoms with Crippen LogP contribution in [-0.2, 0) is 9.47 Å². The van der Waals surface area contributed by atoms with Gasteiger partial charge < -0.3 is 19.7 Å². The third kappa shape index (κ3) is 2.36. The number of hydrogen-bond donors (Lipinski definition) is 2. The minimum absolute atomic E-state index is 0.0216. The zero-order chi connectivity index (χ0) is 19.4. The molecule has 0 amide bonds. The molecule has 5 rings (SSSR count). The second-order valence-electron chi connectivity index (χ2n) is 11.7. The van der Waals surface area contributed by atoms with E-state index in [1.807, 2.05) is 13.8 Å². The SMILES string of the molecule is CC1(C)O[C@H]2[C@H](O1)[C@H]1CC(O)CC[C@]1(C)[C@H]1CC[C@@]3(C)[C@@H](CC[C@]3(C)O)[C@H]21. The highest BCUT2D eigenvalue weighted by atomic mass is 16.8. The van der Waals surface area contributed by atoms with Crippen molar-refractivity contribution < 1.29 is 19.7 Å². The van der Waals surface area contributed by atoms with Gasteiger partial charge in [-0.15, -0.1) is 0 Å². The first-order valence-corrected chi connectivity index (χ1v) is 11.2. The molecule has 5 fully saturated rings. The van der Waals surface area contributed by atoms with Crippen LogP contribution >= 0.6 is 0 Å². The monoisotopic (exact) mass is 378 g/mol. The summed E-state index contributed by atoms with van der Waals surface area (Å²) in [6, 6.07) is 0. The maximum absolute atomic E-state index is 11.2. The van der Waals surface area contributed by atoms with Gasteiger partial charge in [0.1, 0.15) is 0 Å². The van der Waals surface area contributed by atoms with Crippen molar-refractivity contribution in [2.75, 3.05) is 0 Å². The first kappa shape index (κ1) is 18.8. The van der Waals surface area contributed by atoms with Crippen molar-refractivity contribution in [2.45, 2.75) is 109 Å². The lowest BCUT2D eigenvalue weighted by atomic mass is 9.43. The lowest BCUT2D eigenvalue weighted by Gasteiger charge is -2.63. The molecule has 1 aliphatic heterocycles. The van der Waals surface area contributed by atoms with Gasteiger partial charge in [0.2, 0.25) is 0 Å². The predicted octanol–water partition coefficient (Wildman–Crippen LogP) is 3.88. The quantitative estimate of drug-likeness (QED) is 0.672. The number of ether oxygens (including phenoxy) is 2. The highest BCUT2D eigenvalue weighted by Gasteiger charge is 2.69. The maximum atomic E-state index is 11.2. The van der Waals surface area contributed by atoms with E-state index in [2.05, 4.69) is 20.8 Å². The van der Waals surface area contributed by atoms with Gasteiger partial charge in [-0.2, -0.15) is 0 Å². The van der Waals surface area contributed by atoms with Crippen LogP contribution in [0.25, 0.3) is 0 Å². The van der Waals surface area contributed by atoms with Gasteiger partial charge >= 0.3 is 0 Å². The van der Waals surface area contributed by atoms with Gasteiger partial charge in [-0.3, -0.25) is 0 Å². The summed E-state index contributed by atoms with van der Waals surface area (Å²) in [6.45, 7) is 11.0. The molecule has 1 unspecified atom stereocenters. The maximum Gasteiger partial charge on any atom is 0.163 e. The van der Waals surface area contributed by atoms with E-state index in [1.54, 1.807) is 0 Å². The fourth-order valence-corrected chi connectivity index (χ4v) is 8.41. The zero-order valence-electron chi connectivity index (χ0n) is 17.7. The van der Waals surface area contributed by atoms with Gasteiger partial charge in [0.15, 0.2) is 5.79 Å². The Morgan fingerprint density at radius 3 is 2.19 bits per heavy atom. The smallest absolute Gasteiger partial charge is 0.163 e. The van der Waals surface area contributed by atoms with Crippen molar-refractivity contribution in [2.24, 2.45) is 34.5 Å². The summed E-state index contributed by atoms with van der Waals surface area (Å²) >= 11 is 0. The van der Waals surface area contributed by atoms with E-state index >= 15 is 0 Å². The largest absolute Gasteiger partial charge is 0.393 e. The molecular formula is C23H38O4. The average molecular weight is 379 g/mol. The normalized spacial score (nSPS) is 61.7. The van der Waals surface area contributed by atoms with Crippen LogP contribution in [-0.4, -0.2) is 39.9 Å². The molecule has 5 aliphatic rings. The van der Waals surface area contributed by atoms with E-state index in [1.165, 1.54) is 6.42 Å². The molecule has 1 heterocycles. The fraction of sp³-hybridized carbons (Fsp3) is 1.00. The molecule has 0 aromatic rings. The van der Waals surface area contributed by atoms with Gasteiger partial charge in [0.25, 0.3) is 0 Å².